The summed E-state index contributed by atoms with van der Waals surface area (Å²) in [5.74, 6) is 0.541. The van der Waals surface area contributed by atoms with Gasteiger partial charge in [-0.1, -0.05) is 25.1 Å². The van der Waals surface area contributed by atoms with Crippen LogP contribution in [0.4, 0.5) is 4.39 Å². The molecule has 0 aliphatic heterocycles. The Morgan fingerprint density at radius 1 is 1.20 bits per heavy atom. The molecule has 20 heavy (non-hydrogen) atoms. The van der Waals surface area contributed by atoms with Crippen LogP contribution in [-0.4, -0.2) is 14.7 Å². The van der Waals surface area contributed by atoms with Crippen LogP contribution in [0.15, 0.2) is 42.5 Å². The molecule has 0 spiro atoms. The van der Waals surface area contributed by atoms with Crippen molar-refractivity contribution >= 4 is 11.0 Å². The smallest absolute Gasteiger partial charge is 0.151 e. The van der Waals surface area contributed by atoms with Crippen molar-refractivity contribution in [2.75, 3.05) is 0 Å². The Kier molecular flexibility index (Phi) is 3.14. The molecule has 0 radical (unpaired) electrons. The number of halogens is 1. The largest absolute Gasteiger partial charge is 0.508 e. The van der Waals surface area contributed by atoms with Gasteiger partial charge < -0.3 is 9.67 Å². The second-order valence-electron chi connectivity index (χ2n) is 4.74. The molecule has 0 saturated carbocycles. The van der Waals surface area contributed by atoms with Gasteiger partial charge in [-0.15, -0.1) is 0 Å². The second kappa shape index (κ2) is 4.96. The van der Waals surface area contributed by atoms with Gasteiger partial charge in [0.2, 0.25) is 0 Å². The normalized spacial score (nSPS) is 11.1. The maximum atomic E-state index is 13.9. The van der Waals surface area contributed by atoms with E-state index >= 15 is 0 Å². The van der Waals surface area contributed by atoms with Crippen molar-refractivity contribution in [1.82, 2.24) is 9.55 Å². The van der Waals surface area contributed by atoms with Crippen LogP contribution < -0.4 is 0 Å². The highest BCUT2D eigenvalue weighted by Crippen LogP contribution is 2.28. The van der Waals surface area contributed by atoms with Gasteiger partial charge in [-0.3, -0.25) is 0 Å². The number of benzene rings is 2. The van der Waals surface area contributed by atoms with Crippen molar-refractivity contribution in [1.29, 1.82) is 0 Å². The Morgan fingerprint density at radius 3 is 2.75 bits per heavy atom. The van der Waals surface area contributed by atoms with Gasteiger partial charge in [0.1, 0.15) is 17.1 Å². The Labute approximate surface area is 116 Å². The number of aryl methyl sites for hydroxylation is 1. The molecule has 1 N–H and O–H groups in total. The minimum Gasteiger partial charge on any atom is -0.508 e. The van der Waals surface area contributed by atoms with Crippen molar-refractivity contribution in [2.24, 2.45) is 0 Å². The van der Waals surface area contributed by atoms with E-state index in [1.807, 2.05) is 16.7 Å². The number of hydrogen-bond donors (Lipinski definition) is 1. The summed E-state index contributed by atoms with van der Waals surface area (Å²) < 4.78 is 15.9. The van der Waals surface area contributed by atoms with E-state index in [1.54, 1.807) is 24.3 Å². The van der Waals surface area contributed by atoms with E-state index in [1.165, 1.54) is 6.07 Å². The number of phenolic OH excluding ortho intramolecular Hbond substituents is 1. The number of hydrogen-bond acceptors (Lipinski definition) is 2. The van der Waals surface area contributed by atoms with Crippen molar-refractivity contribution in [3.05, 3.63) is 48.3 Å². The summed E-state index contributed by atoms with van der Waals surface area (Å²) in [6, 6.07) is 11.9. The number of imidazole rings is 1. The van der Waals surface area contributed by atoms with Crippen molar-refractivity contribution in [3.8, 4) is 17.1 Å². The van der Waals surface area contributed by atoms with Crippen LogP contribution >= 0.6 is 0 Å². The SMILES string of the molecule is CCCn1c(-c2cccc(O)c2)nc2c(F)cccc21. The topological polar surface area (TPSA) is 38.0 Å². The van der Waals surface area contributed by atoms with Crippen LogP contribution in [0.3, 0.4) is 0 Å². The molecular weight excluding hydrogens is 255 g/mol. The van der Waals surface area contributed by atoms with Gasteiger partial charge in [0.05, 0.1) is 5.52 Å². The number of phenols is 1. The van der Waals surface area contributed by atoms with Crippen molar-refractivity contribution < 1.29 is 9.50 Å². The lowest BCUT2D eigenvalue weighted by atomic mass is 10.2. The average Bonchev–Trinajstić information content (AvgIpc) is 2.80. The zero-order valence-electron chi connectivity index (χ0n) is 11.2. The van der Waals surface area contributed by atoms with Crippen LogP contribution in [0, 0.1) is 5.82 Å². The van der Waals surface area contributed by atoms with Crippen LogP contribution in [-0.2, 0) is 6.54 Å². The quantitative estimate of drug-likeness (QED) is 0.782. The third-order valence-corrected chi connectivity index (χ3v) is 3.28. The number of rotatable bonds is 3. The molecule has 1 aromatic heterocycles. The molecule has 0 fully saturated rings. The predicted octanol–water partition coefficient (Wildman–Crippen LogP) is 3.96. The maximum absolute atomic E-state index is 13.9. The second-order valence-corrected chi connectivity index (χ2v) is 4.74. The van der Waals surface area contributed by atoms with E-state index in [2.05, 4.69) is 11.9 Å². The van der Waals surface area contributed by atoms with Crippen LogP contribution in [0.5, 0.6) is 5.75 Å². The van der Waals surface area contributed by atoms with E-state index in [-0.39, 0.29) is 11.6 Å². The number of aromatic nitrogens is 2. The third kappa shape index (κ3) is 2.03. The number of para-hydroxylation sites is 1. The van der Waals surface area contributed by atoms with Crippen molar-refractivity contribution in [2.45, 2.75) is 19.9 Å². The fraction of sp³-hybridized carbons (Fsp3) is 0.188. The Hall–Kier alpha value is -2.36. The fourth-order valence-electron chi connectivity index (χ4n) is 2.43. The molecule has 4 heteroatoms. The maximum Gasteiger partial charge on any atom is 0.151 e. The molecule has 1 heterocycles. The molecule has 102 valence electrons. The molecule has 0 atom stereocenters. The predicted molar refractivity (Wildman–Crippen MR) is 77.1 cm³/mol. The highest BCUT2D eigenvalue weighted by Gasteiger charge is 2.14. The Balaban J connectivity index is 2.29. The zero-order valence-corrected chi connectivity index (χ0v) is 11.2. The third-order valence-electron chi connectivity index (χ3n) is 3.28. The number of nitrogens with zero attached hydrogens (tertiary/aromatic N) is 2. The van der Waals surface area contributed by atoms with E-state index in [4.69, 9.17) is 0 Å². The van der Waals surface area contributed by atoms with Crippen molar-refractivity contribution in [3.63, 3.8) is 0 Å². The molecule has 0 bridgehead atoms. The summed E-state index contributed by atoms with van der Waals surface area (Å²) in [6.45, 7) is 2.82. The average molecular weight is 270 g/mol. The Bertz CT molecular complexity index is 764. The minimum absolute atomic E-state index is 0.179. The molecule has 3 nitrogen and oxygen atoms in total. The molecule has 0 aliphatic carbocycles. The lowest BCUT2D eigenvalue weighted by Gasteiger charge is -2.08. The summed E-state index contributed by atoms with van der Waals surface area (Å²) in [4.78, 5) is 4.42. The van der Waals surface area contributed by atoms with E-state index in [0.29, 0.717) is 11.3 Å². The van der Waals surface area contributed by atoms with Gasteiger partial charge in [0, 0.05) is 12.1 Å². The van der Waals surface area contributed by atoms with Gasteiger partial charge in [0.25, 0.3) is 0 Å². The zero-order chi connectivity index (χ0) is 14.1. The first-order valence-electron chi connectivity index (χ1n) is 6.65. The standard InChI is InChI=1S/C16H15FN2O/c1-2-9-19-14-8-4-7-13(17)15(14)18-16(19)11-5-3-6-12(20)10-11/h3-8,10,20H,2,9H2,1H3. The highest BCUT2D eigenvalue weighted by molar-refractivity contribution is 5.81. The summed E-state index contributed by atoms with van der Waals surface area (Å²) in [5.41, 5.74) is 1.94. The summed E-state index contributed by atoms with van der Waals surface area (Å²) >= 11 is 0. The van der Waals surface area contributed by atoms with E-state index < -0.39 is 0 Å². The van der Waals surface area contributed by atoms with E-state index in [9.17, 15) is 9.50 Å². The lowest BCUT2D eigenvalue weighted by Crippen LogP contribution is -1.99. The summed E-state index contributed by atoms with van der Waals surface area (Å²) in [6.07, 6.45) is 0.924. The fourth-order valence-corrected chi connectivity index (χ4v) is 2.43. The minimum atomic E-state index is -0.321. The molecule has 3 rings (SSSR count). The Morgan fingerprint density at radius 2 is 2.00 bits per heavy atom. The van der Waals surface area contributed by atoms with Gasteiger partial charge >= 0.3 is 0 Å². The number of fused-ring (bicyclic) bond motifs is 1. The first-order chi connectivity index (χ1) is 9.70. The van der Waals surface area contributed by atoms with Crippen LogP contribution in [0.25, 0.3) is 22.4 Å². The summed E-state index contributed by atoms with van der Waals surface area (Å²) in [5, 5.41) is 9.61. The molecule has 2 aromatic carbocycles. The van der Waals surface area contributed by atoms with Gasteiger partial charge in [-0.05, 0) is 30.7 Å². The van der Waals surface area contributed by atoms with Crippen LogP contribution in [0.2, 0.25) is 0 Å². The molecular formula is C16H15FN2O. The van der Waals surface area contributed by atoms with Crippen LogP contribution in [0.1, 0.15) is 13.3 Å². The monoisotopic (exact) mass is 270 g/mol. The highest BCUT2D eigenvalue weighted by atomic mass is 19.1. The first-order valence-corrected chi connectivity index (χ1v) is 6.65. The van der Waals surface area contributed by atoms with Gasteiger partial charge in [0.15, 0.2) is 5.82 Å². The number of aromatic hydroxyl groups is 1. The molecule has 3 aromatic rings. The molecule has 0 amide bonds. The molecule has 0 unspecified atom stereocenters. The molecule has 0 aliphatic rings. The van der Waals surface area contributed by atoms with Gasteiger partial charge in [-0.2, -0.15) is 0 Å². The lowest BCUT2D eigenvalue weighted by molar-refractivity contribution is 0.475. The van der Waals surface area contributed by atoms with E-state index in [0.717, 1.165) is 24.0 Å². The molecule has 0 saturated heterocycles. The first kappa shape index (κ1) is 12.7. The summed E-state index contributed by atoms with van der Waals surface area (Å²) in [7, 11) is 0. The van der Waals surface area contributed by atoms with Gasteiger partial charge in [-0.25, -0.2) is 9.37 Å².